The lowest BCUT2D eigenvalue weighted by Gasteiger charge is -2.35. The van der Waals surface area contributed by atoms with Crippen LogP contribution in [0.1, 0.15) is 26.7 Å². The summed E-state index contributed by atoms with van der Waals surface area (Å²) in [5, 5.41) is 6.99. The van der Waals surface area contributed by atoms with Gasteiger partial charge in [-0.25, -0.2) is 4.98 Å². The van der Waals surface area contributed by atoms with Crippen LogP contribution in [0.15, 0.2) is 18.3 Å². The molecule has 0 radical (unpaired) electrons. The first-order chi connectivity index (χ1) is 9.19. The van der Waals surface area contributed by atoms with Gasteiger partial charge in [0.1, 0.15) is 5.82 Å². The first kappa shape index (κ1) is 14.1. The van der Waals surface area contributed by atoms with Crippen LogP contribution in [0.25, 0.3) is 0 Å². The molecule has 106 valence electrons. The lowest BCUT2D eigenvalue weighted by molar-refractivity contribution is 0.206. The van der Waals surface area contributed by atoms with E-state index in [-0.39, 0.29) is 0 Å². The first-order valence-electron chi connectivity index (χ1n) is 7.34. The predicted octanol–water partition coefficient (Wildman–Crippen LogP) is 2.66. The number of anilines is 2. The van der Waals surface area contributed by atoms with Crippen molar-refractivity contribution in [2.24, 2.45) is 5.92 Å². The summed E-state index contributed by atoms with van der Waals surface area (Å²) in [6, 6.07) is 4.74. The van der Waals surface area contributed by atoms with Gasteiger partial charge in [-0.1, -0.05) is 13.8 Å². The SMILES string of the molecule is CCCNc1cc(NC2CCN(C)CC2C)ccn1. The quantitative estimate of drug-likeness (QED) is 0.856. The average molecular weight is 262 g/mol. The molecule has 19 heavy (non-hydrogen) atoms. The molecule has 0 bridgehead atoms. The molecule has 1 aliphatic heterocycles. The van der Waals surface area contributed by atoms with Crippen LogP contribution >= 0.6 is 0 Å². The van der Waals surface area contributed by atoms with Crippen molar-refractivity contribution in [3.8, 4) is 0 Å². The molecule has 2 heterocycles. The molecule has 2 rings (SSSR count). The number of nitrogens with one attached hydrogen (secondary N) is 2. The molecule has 1 aliphatic rings. The zero-order valence-electron chi connectivity index (χ0n) is 12.3. The number of hydrogen-bond acceptors (Lipinski definition) is 4. The maximum absolute atomic E-state index is 4.34. The third kappa shape index (κ3) is 4.10. The van der Waals surface area contributed by atoms with Crippen molar-refractivity contribution in [2.75, 3.05) is 37.3 Å². The monoisotopic (exact) mass is 262 g/mol. The average Bonchev–Trinajstić information content (AvgIpc) is 2.40. The maximum Gasteiger partial charge on any atom is 0.127 e. The van der Waals surface area contributed by atoms with Crippen molar-refractivity contribution in [1.29, 1.82) is 0 Å². The van der Waals surface area contributed by atoms with Gasteiger partial charge in [-0.05, 0) is 38.4 Å². The van der Waals surface area contributed by atoms with E-state index in [2.05, 4.69) is 53.5 Å². The van der Waals surface area contributed by atoms with Crippen molar-refractivity contribution >= 4 is 11.5 Å². The first-order valence-corrected chi connectivity index (χ1v) is 7.34. The minimum Gasteiger partial charge on any atom is -0.382 e. The molecule has 0 amide bonds. The zero-order valence-corrected chi connectivity index (χ0v) is 12.3. The van der Waals surface area contributed by atoms with E-state index in [1.165, 1.54) is 25.2 Å². The third-order valence-corrected chi connectivity index (χ3v) is 3.78. The molecule has 1 saturated heterocycles. The van der Waals surface area contributed by atoms with Crippen LogP contribution in [-0.2, 0) is 0 Å². The van der Waals surface area contributed by atoms with E-state index in [9.17, 15) is 0 Å². The van der Waals surface area contributed by atoms with Gasteiger partial charge >= 0.3 is 0 Å². The van der Waals surface area contributed by atoms with Crippen molar-refractivity contribution in [2.45, 2.75) is 32.7 Å². The molecule has 2 atom stereocenters. The summed E-state index contributed by atoms with van der Waals surface area (Å²) < 4.78 is 0. The van der Waals surface area contributed by atoms with Crippen molar-refractivity contribution in [3.05, 3.63) is 18.3 Å². The van der Waals surface area contributed by atoms with Gasteiger partial charge in [-0.3, -0.25) is 0 Å². The largest absolute Gasteiger partial charge is 0.382 e. The summed E-state index contributed by atoms with van der Waals surface area (Å²) in [6.45, 7) is 7.80. The van der Waals surface area contributed by atoms with Crippen LogP contribution in [0, 0.1) is 5.92 Å². The fourth-order valence-electron chi connectivity index (χ4n) is 2.65. The van der Waals surface area contributed by atoms with Crippen LogP contribution < -0.4 is 10.6 Å². The van der Waals surface area contributed by atoms with Crippen molar-refractivity contribution in [1.82, 2.24) is 9.88 Å². The van der Waals surface area contributed by atoms with Gasteiger partial charge in [0.25, 0.3) is 0 Å². The van der Waals surface area contributed by atoms with Crippen LogP contribution in [0.2, 0.25) is 0 Å². The highest BCUT2D eigenvalue weighted by atomic mass is 15.1. The predicted molar refractivity (Wildman–Crippen MR) is 81.7 cm³/mol. The lowest BCUT2D eigenvalue weighted by Crippen LogP contribution is -2.43. The second kappa shape index (κ2) is 6.75. The van der Waals surface area contributed by atoms with E-state index in [0.29, 0.717) is 12.0 Å². The molecule has 0 aromatic carbocycles. The molecule has 4 nitrogen and oxygen atoms in total. The Balaban J connectivity index is 1.94. The molecular formula is C15H26N4. The summed E-state index contributed by atoms with van der Waals surface area (Å²) in [7, 11) is 2.20. The molecule has 1 fully saturated rings. The maximum atomic E-state index is 4.34. The molecular weight excluding hydrogens is 236 g/mol. The number of nitrogens with zero attached hydrogens (tertiary/aromatic N) is 2. The second-order valence-corrected chi connectivity index (χ2v) is 5.64. The van der Waals surface area contributed by atoms with Crippen LogP contribution in [0.5, 0.6) is 0 Å². The van der Waals surface area contributed by atoms with Gasteiger partial charge in [0, 0.05) is 37.1 Å². The lowest BCUT2D eigenvalue weighted by atomic mass is 9.94. The highest BCUT2D eigenvalue weighted by Gasteiger charge is 2.23. The Morgan fingerprint density at radius 3 is 3.05 bits per heavy atom. The molecule has 1 aromatic rings. The van der Waals surface area contributed by atoms with Gasteiger partial charge < -0.3 is 15.5 Å². The molecule has 0 aliphatic carbocycles. The second-order valence-electron chi connectivity index (χ2n) is 5.64. The highest BCUT2D eigenvalue weighted by Crippen LogP contribution is 2.21. The Hall–Kier alpha value is -1.29. The van der Waals surface area contributed by atoms with Gasteiger partial charge in [-0.2, -0.15) is 0 Å². The summed E-state index contributed by atoms with van der Waals surface area (Å²) in [6.07, 6.45) is 4.20. The molecule has 0 saturated carbocycles. The third-order valence-electron chi connectivity index (χ3n) is 3.78. The van der Waals surface area contributed by atoms with Gasteiger partial charge in [0.2, 0.25) is 0 Å². The smallest absolute Gasteiger partial charge is 0.127 e. The van der Waals surface area contributed by atoms with Crippen LogP contribution in [-0.4, -0.2) is 42.6 Å². The summed E-state index contributed by atoms with van der Waals surface area (Å²) >= 11 is 0. The molecule has 0 spiro atoms. The minimum atomic E-state index is 0.567. The van der Waals surface area contributed by atoms with Crippen molar-refractivity contribution in [3.63, 3.8) is 0 Å². The van der Waals surface area contributed by atoms with Gasteiger partial charge in [0.15, 0.2) is 0 Å². The van der Waals surface area contributed by atoms with Crippen LogP contribution in [0.3, 0.4) is 0 Å². The Kier molecular flexibility index (Phi) is 5.02. The minimum absolute atomic E-state index is 0.567. The fourth-order valence-corrected chi connectivity index (χ4v) is 2.65. The Bertz CT molecular complexity index is 393. The molecule has 4 heteroatoms. The van der Waals surface area contributed by atoms with E-state index >= 15 is 0 Å². The Morgan fingerprint density at radius 2 is 2.32 bits per heavy atom. The summed E-state index contributed by atoms with van der Waals surface area (Å²) in [4.78, 5) is 6.75. The topological polar surface area (TPSA) is 40.2 Å². The standard InChI is InChI=1S/C15H26N4/c1-4-7-16-15-10-13(5-8-17-15)18-14-6-9-19(3)11-12(14)2/h5,8,10,12,14H,4,6-7,9,11H2,1-3H3,(H2,16,17,18). The normalized spacial score (nSPS) is 24.2. The summed E-state index contributed by atoms with van der Waals surface area (Å²) in [5.41, 5.74) is 1.18. The Morgan fingerprint density at radius 1 is 1.47 bits per heavy atom. The number of pyridine rings is 1. The number of rotatable bonds is 5. The molecule has 2 N–H and O–H groups in total. The molecule has 1 aromatic heterocycles. The van der Waals surface area contributed by atoms with E-state index in [0.717, 1.165) is 18.8 Å². The zero-order chi connectivity index (χ0) is 13.7. The van der Waals surface area contributed by atoms with E-state index in [4.69, 9.17) is 0 Å². The number of hydrogen-bond donors (Lipinski definition) is 2. The number of piperidine rings is 1. The number of likely N-dealkylation sites (tertiary alicyclic amines) is 1. The van der Waals surface area contributed by atoms with Gasteiger partial charge in [0.05, 0.1) is 0 Å². The fraction of sp³-hybridized carbons (Fsp3) is 0.667. The van der Waals surface area contributed by atoms with Gasteiger partial charge in [-0.15, -0.1) is 0 Å². The van der Waals surface area contributed by atoms with E-state index in [1.807, 2.05) is 6.20 Å². The van der Waals surface area contributed by atoms with Crippen molar-refractivity contribution < 1.29 is 0 Å². The molecule has 2 unspecified atom stereocenters. The van der Waals surface area contributed by atoms with Crippen LogP contribution in [0.4, 0.5) is 11.5 Å². The summed E-state index contributed by atoms with van der Waals surface area (Å²) in [5.74, 6) is 1.64. The Labute approximate surface area is 116 Å². The van der Waals surface area contributed by atoms with E-state index < -0.39 is 0 Å². The highest BCUT2D eigenvalue weighted by molar-refractivity contribution is 5.52. The number of aromatic nitrogens is 1. The van der Waals surface area contributed by atoms with E-state index in [1.54, 1.807) is 0 Å².